The first-order valence-corrected chi connectivity index (χ1v) is 11.4. The monoisotopic (exact) mass is 463 g/mol. The van der Waals surface area contributed by atoms with Crippen molar-refractivity contribution in [3.05, 3.63) is 29.8 Å². The molecule has 1 atom stereocenters. The van der Waals surface area contributed by atoms with E-state index >= 15 is 0 Å². The number of phenols is 1. The highest BCUT2D eigenvalue weighted by molar-refractivity contribution is 5.88. The maximum absolute atomic E-state index is 13.3. The quantitative estimate of drug-likeness (QED) is 0.388. The number of carboxylic acids is 1. The number of nitrogens with zero attached hydrogens (tertiary/aromatic N) is 1. The van der Waals surface area contributed by atoms with Crippen LogP contribution in [0.25, 0.3) is 0 Å². The van der Waals surface area contributed by atoms with E-state index < -0.39 is 12.0 Å². The molecule has 2 heterocycles. The molecule has 0 unspecified atom stereocenters. The number of hydrogen-bond donors (Lipinski definition) is 4. The Hall–Kier alpha value is -2.69. The van der Waals surface area contributed by atoms with Crippen LogP contribution in [0.5, 0.6) is 5.75 Å². The summed E-state index contributed by atoms with van der Waals surface area (Å²) in [4.78, 5) is 38.2. The van der Waals surface area contributed by atoms with Crippen molar-refractivity contribution in [3.63, 3.8) is 0 Å². The number of ether oxygens (including phenoxy) is 2. The predicted molar refractivity (Wildman–Crippen MR) is 119 cm³/mol. The SMILES string of the molecule is O=C(O)COC1CCN(C(=O)[C@H](Cc2ccc(O)cc2)NC(=O)COC2CCNCC2)CC1. The van der Waals surface area contributed by atoms with Crippen molar-refractivity contribution in [3.8, 4) is 5.75 Å². The number of benzene rings is 1. The van der Waals surface area contributed by atoms with E-state index in [0.717, 1.165) is 31.5 Å². The van der Waals surface area contributed by atoms with Crippen LogP contribution in [0, 0.1) is 0 Å². The number of phenolic OH excluding ortho intramolecular Hbond substituents is 1. The molecule has 0 saturated carbocycles. The van der Waals surface area contributed by atoms with Gasteiger partial charge in [-0.25, -0.2) is 4.79 Å². The summed E-state index contributed by atoms with van der Waals surface area (Å²) in [5.41, 5.74) is 0.811. The average Bonchev–Trinajstić information content (AvgIpc) is 2.83. The number of nitrogens with one attached hydrogen (secondary N) is 2. The molecule has 2 fully saturated rings. The molecular formula is C23H33N3O7. The summed E-state index contributed by atoms with van der Waals surface area (Å²) in [7, 11) is 0. The van der Waals surface area contributed by atoms with Gasteiger partial charge in [0.2, 0.25) is 11.8 Å². The standard InChI is InChI=1S/C23H33N3O7/c27-17-3-1-16(2-4-17)13-20(25-21(28)14-32-18-5-9-24-10-6-18)23(31)26-11-7-19(8-12-26)33-15-22(29)30/h1-4,18-20,24,27H,5-15H2,(H,25,28)(H,29,30)/t20-/m0/s1. The molecule has 1 aromatic carbocycles. The van der Waals surface area contributed by atoms with Gasteiger partial charge in [-0.1, -0.05) is 12.1 Å². The first-order valence-electron chi connectivity index (χ1n) is 11.4. The lowest BCUT2D eigenvalue weighted by molar-refractivity contribution is -0.147. The third-order valence-electron chi connectivity index (χ3n) is 5.94. The fourth-order valence-corrected chi connectivity index (χ4v) is 4.11. The Balaban J connectivity index is 1.57. The molecule has 33 heavy (non-hydrogen) atoms. The molecule has 4 N–H and O–H groups in total. The van der Waals surface area contributed by atoms with E-state index in [4.69, 9.17) is 14.6 Å². The summed E-state index contributed by atoms with van der Waals surface area (Å²) >= 11 is 0. The van der Waals surface area contributed by atoms with Crippen molar-refractivity contribution in [1.29, 1.82) is 0 Å². The Bertz CT molecular complexity index is 788. The molecule has 182 valence electrons. The zero-order chi connectivity index (χ0) is 23.6. The maximum Gasteiger partial charge on any atom is 0.329 e. The molecule has 0 spiro atoms. The maximum atomic E-state index is 13.3. The number of rotatable bonds is 10. The Morgan fingerprint density at radius 2 is 1.61 bits per heavy atom. The van der Waals surface area contributed by atoms with Crippen LogP contribution in [0.15, 0.2) is 24.3 Å². The fourth-order valence-electron chi connectivity index (χ4n) is 4.11. The molecule has 0 aromatic heterocycles. The normalized spacial score (nSPS) is 18.6. The van der Waals surface area contributed by atoms with Crippen LogP contribution in [-0.2, 0) is 30.3 Å². The van der Waals surface area contributed by atoms with E-state index in [-0.39, 0.29) is 49.4 Å². The number of carboxylic acid groups (broad SMARTS) is 1. The summed E-state index contributed by atoms with van der Waals surface area (Å²) < 4.78 is 11.1. The van der Waals surface area contributed by atoms with Crippen molar-refractivity contribution >= 4 is 17.8 Å². The van der Waals surface area contributed by atoms with Crippen molar-refractivity contribution in [2.75, 3.05) is 39.4 Å². The summed E-state index contributed by atoms with van der Waals surface area (Å²) in [6.45, 7) is 2.12. The minimum absolute atomic E-state index is 0.0353. The van der Waals surface area contributed by atoms with Crippen LogP contribution in [0.1, 0.15) is 31.2 Å². The van der Waals surface area contributed by atoms with Crippen LogP contribution in [0.4, 0.5) is 0 Å². The van der Waals surface area contributed by atoms with Crippen molar-refractivity contribution in [2.24, 2.45) is 0 Å². The van der Waals surface area contributed by atoms with Gasteiger partial charge >= 0.3 is 5.97 Å². The number of aliphatic carboxylic acids is 1. The second-order valence-electron chi connectivity index (χ2n) is 8.48. The van der Waals surface area contributed by atoms with Gasteiger partial charge in [-0.05, 0) is 56.5 Å². The third-order valence-corrected chi connectivity index (χ3v) is 5.94. The molecule has 3 rings (SSSR count). The van der Waals surface area contributed by atoms with Crippen molar-refractivity contribution in [2.45, 2.75) is 50.4 Å². The molecule has 10 heteroatoms. The minimum Gasteiger partial charge on any atom is -0.508 e. The second kappa shape index (κ2) is 12.5. The van der Waals surface area contributed by atoms with Crippen molar-refractivity contribution in [1.82, 2.24) is 15.5 Å². The predicted octanol–water partition coefficient (Wildman–Crippen LogP) is 0.280. The number of carbonyl (C=O) groups excluding carboxylic acids is 2. The lowest BCUT2D eigenvalue weighted by Gasteiger charge is -2.34. The van der Waals surface area contributed by atoms with Crippen LogP contribution in [-0.4, -0.2) is 90.5 Å². The Morgan fingerprint density at radius 3 is 2.24 bits per heavy atom. The lowest BCUT2D eigenvalue weighted by Crippen LogP contribution is -2.53. The highest BCUT2D eigenvalue weighted by Gasteiger charge is 2.30. The van der Waals surface area contributed by atoms with Crippen LogP contribution in [0.2, 0.25) is 0 Å². The fraction of sp³-hybridized carbons (Fsp3) is 0.609. The molecule has 1 aromatic rings. The minimum atomic E-state index is -1.02. The molecular weight excluding hydrogens is 430 g/mol. The van der Waals surface area contributed by atoms with E-state index in [1.165, 1.54) is 0 Å². The average molecular weight is 464 g/mol. The van der Waals surface area contributed by atoms with Gasteiger partial charge in [-0.2, -0.15) is 0 Å². The van der Waals surface area contributed by atoms with Gasteiger partial charge in [0.15, 0.2) is 0 Å². The molecule has 2 aliphatic rings. The van der Waals surface area contributed by atoms with Crippen LogP contribution >= 0.6 is 0 Å². The molecule has 2 saturated heterocycles. The first-order chi connectivity index (χ1) is 15.9. The van der Waals surface area contributed by atoms with E-state index in [1.807, 2.05) is 0 Å². The molecule has 2 amide bonds. The van der Waals surface area contributed by atoms with Gasteiger partial charge in [-0.15, -0.1) is 0 Å². The van der Waals surface area contributed by atoms with Crippen LogP contribution < -0.4 is 10.6 Å². The van der Waals surface area contributed by atoms with Gasteiger partial charge < -0.3 is 35.2 Å². The lowest BCUT2D eigenvalue weighted by atomic mass is 10.0. The summed E-state index contributed by atoms with van der Waals surface area (Å²) in [5, 5.41) is 24.4. The third kappa shape index (κ3) is 8.30. The molecule has 0 radical (unpaired) electrons. The van der Waals surface area contributed by atoms with Gasteiger partial charge in [0.25, 0.3) is 0 Å². The van der Waals surface area contributed by atoms with Gasteiger partial charge in [0, 0.05) is 19.5 Å². The highest BCUT2D eigenvalue weighted by atomic mass is 16.5. The van der Waals surface area contributed by atoms with Crippen LogP contribution in [0.3, 0.4) is 0 Å². The van der Waals surface area contributed by atoms with Gasteiger partial charge in [-0.3, -0.25) is 9.59 Å². The van der Waals surface area contributed by atoms with E-state index in [2.05, 4.69) is 10.6 Å². The highest BCUT2D eigenvalue weighted by Crippen LogP contribution is 2.17. The number of hydrogen-bond acceptors (Lipinski definition) is 7. The van der Waals surface area contributed by atoms with E-state index in [9.17, 15) is 19.5 Å². The molecule has 10 nitrogen and oxygen atoms in total. The van der Waals surface area contributed by atoms with Crippen molar-refractivity contribution < 1.29 is 34.1 Å². The Labute approximate surface area is 193 Å². The molecule has 0 aliphatic carbocycles. The molecule has 0 bridgehead atoms. The topological polar surface area (TPSA) is 137 Å². The largest absolute Gasteiger partial charge is 0.508 e. The summed E-state index contributed by atoms with van der Waals surface area (Å²) in [5.74, 6) is -1.43. The number of aromatic hydroxyl groups is 1. The zero-order valence-electron chi connectivity index (χ0n) is 18.7. The zero-order valence-corrected chi connectivity index (χ0v) is 18.7. The number of likely N-dealkylation sites (tertiary alicyclic amines) is 1. The van der Waals surface area contributed by atoms with Gasteiger partial charge in [0.1, 0.15) is 25.0 Å². The second-order valence-corrected chi connectivity index (χ2v) is 8.48. The van der Waals surface area contributed by atoms with Gasteiger partial charge in [0.05, 0.1) is 12.2 Å². The van der Waals surface area contributed by atoms with E-state index in [1.54, 1.807) is 29.2 Å². The number of amides is 2. The smallest absolute Gasteiger partial charge is 0.329 e. The first kappa shape index (κ1) is 24.9. The Kier molecular flexibility index (Phi) is 9.47. The number of carbonyl (C=O) groups is 3. The number of piperidine rings is 2. The Morgan fingerprint density at radius 1 is 1.00 bits per heavy atom. The summed E-state index contributed by atoms with van der Waals surface area (Å²) in [6.07, 6.45) is 2.90. The summed E-state index contributed by atoms with van der Waals surface area (Å²) in [6, 6.07) is 5.77. The van der Waals surface area contributed by atoms with E-state index in [0.29, 0.717) is 25.9 Å². The molecule has 2 aliphatic heterocycles.